The molecule has 0 spiro atoms. The second-order valence-electron chi connectivity index (χ2n) is 7.36. The van der Waals surface area contributed by atoms with E-state index < -0.39 is 0 Å². The van der Waals surface area contributed by atoms with Crippen LogP contribution in [-0.2, 0) is 13.1 Å². The minimum atomic E-state index is 0.557. The number of nitrogens with zero attached hydrogens (tertiary/aromatic N) is 5. The van der Waals surface area contributed by atoms with E-state index in [1.165, 1.54) is 9.40 Å². The number of pyridine rings is 1. The topological polar surface area (TPSA) is 63.4 Å². The van der Waals surface area contributed by atoms with Crippen molar-refractivity contribution in [1.29, 1.82) is 0 Å². The third-order valence-electron chi connectivity index (χ3n) is 5.07. The third kappa shape index (κ3) is 4.49. The maximum atomic E-state index is 4.79. The standard InChI is InChI=1S/C25H21N5S2/c1-16(26-14-24-29-20-8-3-5-12-22(20)31-24)18-10-7-11-19(28-18)17(2)27-15-25-30-21-9-4-6-13-23(21)32-25/h3-13H,14-15H2,1-2H3. The Labute approximate surface area is 194 Å². The molecule has 0 N–H and O–H groups in total. The van der Waals surface area contributed by atoms with Gasteiger partial charge in [0.05, 0.1) is 56.3 Å². The SMILES string of the molecule is CC(=NCc1nc2ccccc2s1)c1cccc(C(C)=NCc2nc3ccccc3s2)n1. The highest BCUT2D eigenvalue weighted by molar-refractivity contribution is 7.18. The summed E-state index contributed by atoms with van der Waals surface area (Å²) in [5, 5.41) is 2.02. The number of hydrogen-bond donors (Lipinski definition) is 0. The fraction of sp³-hybridized carbons (Fsp3) is 0.160. The van der Waals surface area contributed by atoms with Crippen LogP contribution >= 0.6 is 22.7 Å². The molecule has 0 bridgehead atoms. The van der Waals surface area contributed by atoms with Gasteiger partial charge < -0.3 is 0 Å². The average Bonchev–Trinajstić information content (AvgIpc) is 3.44. The lowest BCUT2D eigenvalue weighted by Gasteiger charge is -2.04. The molecule has 5 nitrogen and oxygen atoms in total. The van der Waals surface area contributed by atoms with Gasteiger partial charge in [0.2, 0.25) is 0 Å². The smallest absolute Gasteiger partial charge is 0.115 e. The zero-order valence-electron chi connectivity index (χ0n) is 17.8. The lowest BCUT2D eigenvalue weighted by molar-refractivity contribution is 1.03. The molecule has 0 atom stereocenters. The van der Waals surface area contributed by atoms with Crippen molar-refractivity contribution >= 4 is 54.5 Å². The first-order valence-corrected chi connectivity index (χ1v) is 12.0. The molecule has 0 fully saturated rings. The van der Waals surface area contributed by atoms with E-state index in [-0.39, 0.29) is 0 Å². The molecule has 0 amide bonds. The maximum absolute atomic E-state index is 4.79. The summed E-state index contributed by atoms with van der Waals surface area (Å²) in [6, 6.07) is 22.3. The number of aliphatic imine (C=N–C) groups is 2. The summed E-state index contributed by atoms with van der Waals surface area (Å²) in [7, 11) is 0. The number of aromatic nitrogens is 3. The minimum Gasteiger partial charge on any atom is -0.281 e. The fourth-order valence-electron chi connectivity index (χ4n) is 3.35. The van der Waals surface area contributed by atoms with Crippen LogP contribution in [0.3, 0.4) is 0 Å². The molecule has 0 saturated carbocycles. The van der Waals surface area contributed by atoms with Gasteiger partial charge in [-0.05, 0) is 50.2 Å². The monoisotopic (exact) mass is 455 g/mol. The van der Waals surface area contributed by atoms with Gasteiger partial charge in [-0.3, -0.25) is 9.98 Å². The average molecular weight is 456 g/mol. The Hall–Kier alpha value is -3.29. The molecule has 3 heterocycles. The highest BCUT2D eigenvalue weighted by atomic mass is 32.1. The highest BCUT2D eigenvalue weighted by Gasteiger charge is 2.07. The van der Waals surface area contributed by atoms with Crippen LogP contribution in [0, 0.1) is 0 Å². The van der Waals surface area contributed by atoms with E-state index in [0.717, 1.165) is 43.9 Å². The van der Waals surface area contributed by atoms with Crippen LogP contribution in [0.4, 0.5) is 0 Å². The van der Waals surface area contributed by atoms with Gasteiger partial charge in [-0.15, -0.1) is 22.7 Å². The van der Waals surface area contributed by atoms with E-state index in [0.29, 0.717) is 13.1 Å². The van der Waals surface area contributed by atoms with Crippen molar-refractivity contribution < 1.29 is 0 Å². The Morgan fingerprint density at radius 1 is 0.625 bits per heavy atom. The zero-order valence-corrected chi connectivity index (χ0v) is 19.5. The van der Waals surface area contributed by atoms with Gasteiger partial charge in [0.1, 0.15) is 10.0 Å². The molecule has 7 heteroatoms. The quantitative estimate of drug-likeness (QED) is 0.281. The fourth-order valence-corrected chi connectivity index (χ4v) is 5.13. The Morgan fingerprint density at radius 3 is 1.56 bits per heavy atom. The van der Waals surface area contributed by atoms with Crippen molar-refractivity contribution in [3.63, 3.8) is 0 Å². The molecule has 5 aromatic rings. The molecule has 3 aromatic heterocycles. The van der Waals surface area contributed by atoms with E-state index in [4.69, 9.17) is 15.0 Å². The first kappa shape index (κ1) is 20.6. The first-order chi connectivity index (χ1) is 15.7. The Kier molecular flexibility index (Phi) is 5.83. The molecule has 0 aliphatic carbocycles. The lowest BCUT2D eigenvalue weighted by atomic mass is 10.2. The summed E-state index contributed by atoms with van der Waals surface area (Å²) < 4.78 is 2.38. The van der Waals surface area contributed by atoms with E-state index in [2.05, 4.69) is 22.1 Å². The molecular weight excluding hydrogens is 434 g/mol. The van der Waals surface area contributed by atoms with Crippen LogP contribution in [-0.4, -0.2) is 26.4 Å². The minimum absolute atomic E-state index is 0.557. The van der Waals surface area contributed by atoms with E-state index in [1.54, 1.807) is 22.7 Å². The Morgan fingerprint density at radius 2 is 1.09 bits per heavy atom. The largest absolute Gasteiger partial charge is 0.281 e. The number of rotatable bonds is 6. The molecule has 0 aliphatic heterocycles. The van der Waals surface area contributed by atoms with Crippen molar-refractivity contribution in [1.82, 2.24) is 15.0 Å². The Bertz CT molecular complexity index is 1290. The van der Waals surface area contributed by atoms with E-state index in [1.807, 2.05) is 68.4 Å². The maximum Gasteiger partial charge on any atom is 0.115 e. The molecule has 0 saturated heterocycles. The molecule has 2 aromatic carbocycles. The first-order valence-electron chi connectivity index (χ1n) is 10.3. The summed E-state index contributed by atoms with van der Waals surface area (Å²) in [6.45, 7) is 5.10. The third-order valence-corrected chi connectivity index (χ3v) is 7.11. The van der Waals surface area contributed by atoms with E-state index >= 15 is 0 Å². The molecule has 32 heavy (non-hydrogen) atoms. The second-order valence-corrected chi connectivity index (χ2v) is 9.59. The van der Waals surface area contributed by atoms with Gasteiger partial charge >= 0.3 is 0 Å². The summed E-state index contributed by atoms with van der Waals surface area (Å²) in [5.41, 5.74) is 5.56. The van der Waals surface area contributed by atoms with Gasteiger partial charge in [-0.2, -0.15) is 0 Å². The summed E-state index contributed by atoms with van der Waals surface area (Å²) in [6.07, 6.45) is 0. The van der Waals surface area contributed by atoms with Gasteiger partial charge in [0.25, 0.3) is 0 Å². The summed E-state index contributed by atoms with van der Waals surface area (Å²) in [5.74, 6) is 0. The van der Waals surface area contributed by atoms with Crippen molar-refractivity contribution in [3.8, 4) is 0 Å². The van der Waals surface area contributed by atoms with Crippen molar-refractivity contribution in [3.05, 3.63) is 88.1 Å². The zero-order chi connectivity index (χ0) is 21.9. The van der Waals surface area contributed by atoms with Crippen LogP contribution < -0.4 is 0 Å². The van der Waals surface area contributed by atoms with Crippen molar-refractivity contribution in [2.75, 3.05) is 0 Å². The molecule has 0 unspecified atom stereocenters. The van der Waals surface area contributed by atoms with Crippen LogP contribution in [0.5, 0.6) is 0 Å². The van der Waals surface area contributed by atoms with Gasteiger partial charge in [0.15, 0.2) is 0 Å². The van der Waals surface area contributed by atoms with Crippen LogP contribution in [0.2, 0.25) is 0 Å². The number of thiazole rings is 2. The van der Waals surface area contributed by atoms with Gasteiger partial charge in [-0.25, -0.2) is 15.0 Å². The molecule has 0 radical (unpaired) electrons. The summed E-state index contributed by atoms with van der Waals surface area (Å²) >= 11 is 3.37. The predicted octanol–water partition coefficient (Wildman–Crippen LogP) is 6.32. The van der Waals surface area contributed by atoms with Crippen LogP contribution in [0.15, 0.2) is 76.7 Å². The van der Waals surface area contributed by atoms with Crippen molar-refractivity contribution in [2.24, 2.45) is 9.98 Å². The Balaban J connectivity index is 1.31. The van der Waals surface area contributed by atoms with Gasteiger partial charge in [-0.1, -0.05) is 30.3 Å². The number of fused-ring (bicyclic) bond motifs is 2. The van der Waals surface area contributed by atoms with Crippen LogP contribution in [0.1, 0.15) is 35.3 Å². The number of para-hydroxylation sites is 2. The lowest BCUT2D eigenvalue weighted by Crippen LogP contribution is -2.06. The highest BCUT2D eigenvalue weighted by Crippen LogP contribution is 2.23. The molecular formula is C25H21N5S2. The van der Waals surface area contributed by atoms with Gasteiger partial charge in [0, 0.05) is 0 Å². The molecule has 5 rings (SSSR count). The summed E-state index contributed by atoms with van der Waals surface area (Å²) in [4.78, 5) is 23.6. The molecule has 158 valence electrons. The number of hydrogen-bond acceptors (Lipinski definition) is 7. The normalized spacial score (nSPS) is 12.7. The van der Waals surface area contributed by atoms with Crippen LogP contribution in [0.25, 0.3) is 20.4 Å². The van der Waals surface area contributed by atoms with Crippen molar-refractivity contribution in [2.45, 2.75) is 26.9 Å². The second kappa shape index (κ2) is 9.06. The number of benzene rings is 2. The molecule has 0 aliphatic rings. The predicted molar refractivity (Wildman–Crippen MR) is 135 cm³/mol. The van der Waals surface area contributed by atoms with E-state index in [9.17, 15) is 0 Å².